The van der Waals surface area contributed by atoms with Crippen LogP contribution in [0.25, 0.3) is 0 Å². The van der Waals surface area contributed by atoms with Gasteiger partial charge >= 0.3 is 0 Å². The first kappa shape index (κ1) is 12.8. The fourth-order valence-electron chi connectivity index (χ4n) is 3.00. The minimum atomic E-state index is 0.175. The molecule has 2 aliphatic rings. The van der Waals surface area contributed by atoms with Gasteiger partial charge < -0.3 is 10.0 Å². The molecule has 0 aliphatic carbocycles. The molecule has 1 amide bonds. The third kappa shape index (κ3) is 2.99. The summed E-state index contributed by atoms with van der Waals surface area (Å²) in [4.78, 5) is 16.3. The zero-order chi connectivity index (χ0) is 12.3. The van der Waals surface area contributed by atoms with Crippen molar-refractivity contribution in [1.29, 1.82) is 0 Å². The molecule has 1 N–H and O–H groups in total. The molecular formula is C13H24N2O2. The van der Waals surface area contributed by atoms with E-state index in [1.54, 1.807) is 0 Å². The molecule has 2 atom stereocenters. The van der Waals surface area contributed by atoms with Gasteiger partial charge in [0.2, 0.25) is 5.91 Å². The van der Waals surface area contributed by atoms with Crippen LogP contribution in [-0.4, -0.2) is 59.6 Å². The van der Waals surface area contributed by atoms with Gasteiger partial charge in [-0.1, -0.05) is 6.92 Å². The van der Waals surface area contributed by atoms with Crippen molar-refractivity contribution >= 4 is 5.91 Å². The lowest BCUT2D eigenvalue weighted by Gasteiger charge is -2.30. The van der Waals surface area contributed by atoms with E-state index >= 15 is 0 Å². The van der Waals surface area contributed by atoms with Crippen molar-refractivity contribution in [3.8, 4) is 0 Å². The number of rotatable bonds is 3. The van der Waals surface area contributed by atoms with E-state index in [1.807, 2.05) is 4.90 Å². The summed E-state index contributed by atoms with van der Waals surface area (Å²) in [5.74, 6) is 0.756. The molecule has 0 aromatic rings. The number of hydrogen-bond acceptors (Lipinski definition) is 3. The van der Waals surface area contributed by atoms with Gasteiger partial charge in [0.25, 0.3) is 0 Å². The highest BCUT2D eigenvalue weighted by molar-refractivity contribution is 5.78. The third-order valence-corrected chi connectivity index (χ3v) is 4.23. The Morgan fingerprint density at radius 1 is 1.24 bits per heavy atom. The highest BCUT2D eigenvalue weighted by Gasteiger charge is 2.32. The van der Waals surface area contributed by atoms with Gasteiger partial charge in [0.05, 0.1) is 13.2 Å². The quantitative estimate of drug-likeness (QED) is 0.790. The van der Waals surface area contributed by atoms with Crippen LogP contribution in [0, 0.1) is 5.92 Å². The monoisotopic (exact) mass is 240 g/mol. The van der Waals surface area contributed by atoms with Gasteiger partial charge in [-0.15, -0.1) is 0 Å². The first-order chi connectivity index (χ1) is 8.22. The van der Waals surface area contributed by atoms with Crippen molar-refractivity contribution in [1.82, 2.24) is 9.80 Å². The van der Waals surface area contributed by atoms with E-state index in [-0.39, 0.29) is 18.6 Å². The van der Waals surface area contributed by atoms with Gasteiger partial charge in [0.1, 0.15) is 0 Å². The molecule has 2 unspecified atom stereocenters. The lowest BCUT2D eigenvalue weighted by atomic mass is 10.0. The molecule has 2 rings (SSSR count). The first-order valence-corrected chi connectivity index (χ1v) is 6.85. The zero-order valence-electron chi connectivity index (χ0n) is 10.8. The average molecular weight is 240 g/mol. The Kier molecular flexibility index (Phi) is 4.40. The summed E-state index contributed by atoms with van der Waals surface area (Å²) in [5.41, 5.74) is 0. The van der Waals surface area contributed by atoms with Crippen LogP contribution in [0.2, 0.25) is 0 Å². The maximum atomic E-state index is 12.1. The number of nitrogens with zero attached hydrogens (tertiary/aromatic N) is 2. The Morgan fingerprint density at radius 2 is 1.94 bits per heavy atom. The van der Waals surface area contributed by atoms with Crippen LogP contribution in [-0.2, 0) is 4.79 Å². The fraction of sp³-hybridized carbons (Fsp3) is 0.923. The van der Waals surface area contributed by atoms with E-state index in [9.17, 15) is 9.90 Å². The minimum absolute atomic E-state index is 0.175. The third-order valence-electron chi connectivity index (χ3n) is 4.23. The van der Waals surface area contributed by atoms with Gasteiger partial charge in [0, 0.05) is 19.1 Å². The summed E-state index contributed by atoms with van der Waals surface area (Å²) >= 11 is 0. The van der Waals surface area contributed by atoms with Gasteiger partial charge in [-0.3, -0.25) is 9.69 Å². The summed E-state index contributed by atoms with van der Waals surface area (Å²) in [6.07, 6.45) is 4.64. The summed E-state index contributed by atoms with van der Waals surface area (Å²) in [7, 11) is 0. The topological polar surface area (TPSA) is 43.8 Å². The number of hydrogen-bond donors (Lipinski definition) is 1. The van der Waals surface area contributed by atoms with Gasteiger partial charge in [-0.2, -0.15) is 0 Å². The van der Waals surface area contributed by atoms with Crippen LogP contribution in [0.5, 0.6) is 0 Å². The smallest absolute Gasteiger partial charge is 0.236 e. The molecule has 0 aromatic carbocycles. The SMILES string of the molecule is CC1CCN(CC(=O)N2CCCCC2)C1CO. The molecule has 2 fully saturated rings. The first-order valence-electron chi connectivity index (χ1n) is 6.85. The van der Waals surface area contributed by atoms with Crippen LogP contribution >= 0.6 is 0 Å². The number of carbonyl (C=O) groups excluding carboxylic acids is 1. The van der Waals surface area contributed by atoms with Crippen molar-refractivity contribution in [2.24, 2.45) is 5.92 Å². The van der Waals surface area contributed by atoms with Gasteiger partial charge in [0.15, 0.2) is 0 Å². The number of carbonyl (C=O) groups is 1. The Hall–Kier alpha value is -0.610. The van der Waals surface area contributed by atoms with Crippen LogP contribution in [0.1, 0.15) is 32.6 Å². The summed E-state index contributed by atoms with van der Waals surface area (Å²) in [5, 5.41) is 9.36. The minimum Gasteiger partial charge on any atom is -0.395 e. The largest absolute Gasteiger partial charge is 0.395 e. The maximum absolute atomic E-state index is 12.1. The fourth-order valence-corrected chi connectivity index (χ4v) is 3.00. The molecule has 0 radical (unpaired) electrons. The number of amides is 1. The second-order valence-corrected chi connectivity index (χ2v) is 5.43. The molecule has 0 aromatic heterocycles. The molecular weight excluding hydrogens is 216 g/mol. The van der Waals surface area contributed by atoms with E-state index in [0.29, 0.717) is 12.5 Å². The maximum Gasteiger partial charge on any atom is 0.236 e. The second kappa shape index (κ2) is 5.83. The molecule has 0 bridgehead atoms. The lowest BCUT2D eigenvalue weighted by molar-refractivity contribution is -0.133. The summed E-state index contributed by atoms with van der Waals surface area (Å²) in [6.45, 7) is 5.63. The van der Waals surface area contributed by atoms with E-state index < -0.39 is 0 Å². The van der Waals surface area contributed by atoms with Crippen molar-refractivity contribution in [2.45, 2.75) is 38.6 Å². The Morgan fingerprint density at radius 3 is 2.59 bits per heavy atom. The van der Waals surface area contributed by atoms with Crippen LogP contribution in [0.4, 0.5) is 0 Å². The molecule has 4 heteroatoms. The van der Waals surface area contributed by atoms with E-state index in [0.717, 1.165) is 38.9 Å². The standard InChI is InChI=1S/C13H24N2O2/c1-11-5-8-15(12(11)10-16)9-13(17)14-6-3-2-4-7-14/h11-12,16H,2-10H2,1H3. The van der Waals surface area contributed by atoms with Gasteiger partial charge in [-0.25, -0.2) is 0 Å². The molecule has 2 heterocycles. The molecule has 0 saturated carbocycles. The average Bonchev–Trinajstić information content (AvgIpc) is 2.71. The number of likely N-dealkylation sites (tertiary alicyclic amines) is 2. The number of piperidine rings is 1. The number of aliphatic hydroxyl groups excluding tert-OH is 1. The number of aliphatic hydroxyl groups is 1. The van der Waals surface area contributed by atoms with E-state index in [4.69, 9.17) is 0 Å². The van der Waals surface area contributed by atoms with Crippen LogP contribution in [0.15, 0.2) is 0 Å². The van der Waals surface area contributed by atoms with Crippen molar-refractivity contribution in [3.05, 3.63) is 0 Å². The summed E-state index contributed by atoms with van der Waals surface area (Å²) in [6, 6.07) is 0.184. The lowest BCUT2D eigenvalue weighted by Crippen LogP contribution is -2.45. The second-order valence-electron chi connectivity index (χ2n) is 5.43. The predicted molar refractivity (Wildman–Crippen MR) is 66.7 cm³/mol. The van der Waals surface area contributed by atoms with E-state index in [1.165, 1.54) is 6.42 Å². The van der Waals surface area contributed by atoms with Crippen LogP contribution < -0.4 is 0 Å². The predicted octanol–water partition coefficient (Wildman–Crippen LogP) is 0.702. The van der Waals surface area contributed by atoms with Gasteiger partial charge in [-0.05, 0) is 38.1 Å². The van der Waals surface area contributed by atoms with Crippen molar-refractivity contribution in [2.75, 3.05) is 32.8 Å². The highest BCUT2D eigenvalue weighted by Crippen LogP contribution is 2.23. The molecule has 0 spiro atoms. The van der Waals surface area contributed by atoms with Crippen molar-refractivity contribution < 1.29 is 9.90 Å². The molecule has 2 aliphatic heterocycles. The highest BCUT2D eigenvalue weighted by atomic mass is 16.3. The van der Waals surface area contributed by atoms with E-state index in [2.05, 4.69) is 11.8 Å². The Bertz CT molecular complexity index is 264. The molecule has 4 nitrogen and oxygen atoms in total. The molecule has 98 valence electrons. The normalized spacial score (nSPS) is 30.8. The molecule has 2 saturated heterocycles. The zero-order valence-corrected chi connectivity index (χ0v) is 10.8. The summed E-state index contributed by atoms with van der Waals surface area (Å²) < 4.78 is 0. The Balaban J connectivity index is 1.85. The van der Waals surface area contributed by atoms with Crippen LogP contribution in [0.3, 0.4) is 0 Å². The Labute approximate surface area is 104 Å². The van der Waals surface area contributed by atoms with Crippen molar-refractivity contribution in [3.63, 3.8) is 0 Å². The molecule has 17 heavy (non-hydrogen) atoms.